The molecule has 1 saturated heterocycles. The highest BCUT2D eigenvalue weighted by Gasteiger charge is 2.52. The van der Waals surface area contributed by atoms with Crippen molar-refractivity contribution in [2.45, 2.75) is 18.9 Å². The van der Waals surface area contributed by atoms with Crippen LogP contribution in [0.5, 0.6) is 0 Å². The van der Waals surface area contributed by atoms with Crippen LogP contribution in [0.3, 0.4) is 0 Å². The van der Waals surface area contributed by atoms with Crippen molar-refractivity contribution < 1.29 is 18.8 Å². The van der Waals surface area contributed by atoms with Crippen molar-refractivity contribution in [2.75, 3.05) is 6.54 Å². The minimum Gasteiger partial charge on any atom is -0.453 e. The minimum atomic E-state index is -1.29. The van der Waals surface area contributed by atoms with Crippen LogP contribution in [0.15, 0.2) is 89.3 Å². The van der Waals surface area contributed by atoms with Crippen LogP contribution < -0.4 is 5.32 Å². The fourth-order valence-electron chi connectivity index (χ4n) is 4.47. The Labute approximate surface area is 190 Å². The second-order valence-electron chi connectivity index (χ2n) is 8.23. The number of nitrogens with one attached hydrogen (secondary N) is 1. The lowest BCUT2D eigenvalue weighted by molar-refractivity contribution is -0.131. The Morgan fingerprint density at radius 2 is 1.55 bits per heavy atom. The van der Waals surface area contributed by atoms with Crippen LogP contribution in [0, 0.1) is 6.92 Å². The molecule has 1 aliphatic heterocycles. The molecule has 1 atom stereocenters. The zero-order valence-corrected chi connectivity index (χ0v) is 18.1. The third kappa shape index (κ3) is 3.49. The van der Waals surface area contributed by atoms with Gasteiger partial charge in [-0.05, 0) is 24.1 Å². The molecule has 6 nitrogen and oxygen atoms in total. The standard InChI is InChI=1S/C27H22N2O4/c1-18-21-14-8-9-15-23(21)33-24(18)22(30)17-29-25(31)27(28-26(29)32,20-12-6-3-7-13-20)16-19-10-4-2-5-11-19/h2-15H,16-17H2,1H3,(H,28,32)/t27-/m1/s1. The molecule has 164 valence electrons. The highest BCUT2D eigenvalue weighted by molar-refractivity contribution is 6.12. The van der Waals surface area contributed by atoms with Gasteiger partial charge in [0.15, 0.2) is 11.3 Å². The van der Waals surface area contributed by atoms with Crippen LogP contribution in [-0.4, -0.2) is 29.2 Å². The summed E-state index contributed by atoms with van der Waals surface area (Å²) in [5.41, 5.74) is 1.57. The van der Waals surface area contributed by atoms with Gasteiger partial charge in [0.05, 0.1) is 6.54 Å². The molecule has 1 aliphatic rings. The summed E-state index contributed by atoms with van der Waals surface area (Å²) < 4.78 is 5.75. The number of rotatable bonds is 6. The van der Waals surface area contributed by atoms with E-state index in [-0.39, 0.29) is 12.2 Å². The number of aryl methyl sites for hydroxylation is 1. The molecule has 4 aromatic rings. The normalized spacial score (nSPS) is 18.0. The topological polar surface area (TPSA) is 79.6 Å². The lowest BCUT2D eigenvalue weighted by atomic mass is 9.83. The van der Waals surface area contributed by atoms with Crippen LogP contribution in [0.2, 0.25) is 0 Å². The van der Waals surface area contributed by atoms with Gasteiger partial charge in [-0.15, -0.1) is 0 Å². The summed E-state index contributed by atoms with van der Waals surface area (Å²) in [6.45, 7) is 1.41. The number of nitrogens with zero attached hydrogens (tertiary/aromatic N) is 1. The third-order valence-electron chi connectivity index (χ3n) is 6.15. The SMILES string of the molecule is Cc1c(C(=O)CN2C(=O)N[C@](Cc3ccccc3)(c3ccccc3)C2=O)oc2ccccc12. The number of hydrogen-bond acceptors (Lipinski definition) is 4. The van der Waals surface area contributed by atoms with E-state index in [4.69, 9.17) is 4.42 Å². The van der Waals surface area contributed by atoms with Gasteiger partial charge in [-0.2, -0.15) is 0 Å². The van der Waals surface area contributed by atoms with E-state index >= 15 is 0 Å². The number of imide groups is 1. The predicted molar refractivity (Wildman–Crippen MR) is 124 cm³/mol. The number of ketones is 1. The van der Waals surface area contributed by atoms with Crippen LogP contribution in [0.4, 0.5) is 4.79 Å². The molecule has 33 heavy (non-hydrogen) atoms. The maximum absolute atomic E-state index is 13.7. The molecule has 1 fully saturated rings. The van der Waals surface area contributed by atoms with E-state index in [1.807, 2.05) is 78.9 Å². The zero-order valence-electron chi connectivity index (χ0n) is 18.1. The summed E-state index contributed by atoms with van der Waals surface area (Å²) in [4.78, 5) is 40.8. The molecule has 5 rings (SSSR count). The van der Waals surface area contributed by atoms with E-state index in [1.54, 1.807) is 13.0 Å². The molecule has 0 aliphatic carbocycles. The summed E-state index contributed by atoms with van der Waals surface area (Å²) in [5.74, 6) is -0.711. The molecule has 0 spiro atoms. The Kier molecular flexibility index (Phi) is 5.05. The summed E-state index contributed by atoms with van der Waals surface area (Å²) in [6, 6.07) is 25.4. The fraction of sp³-hybridized carbons (Fsp3) is 0.148. The number of Topliss-reactive ketones (excluding diaryl/α,β-unsaturated/α-hetero) is 1. The molecule has 3 amide bonds. The second-order valence-corrected chi connectivity index (χ2v) is 8.23. The maximum atomic E-state index is 13.7. The Morgan fingerprint density at radius 1 is 0.909 bits per heavy atom. The Balaban J connectivity index is 1.49. The number of urea groups is 1. The van der Waals surface area contributed by atoms with Gasteiger partial charge in [0.25, 0.3) is 5.91 Å². The van der Waals surface area contributed by atoms with Gasteiger partial charge in [-0.25, -0.2) is 4.79 Å². The number of benzene rings is 3. The first-order valence-electron chi connectivity index (χ1n) is 10.7. The first kappa shape index (κ1) is 20.7. The summed E-state index contributed by atoms with van der Waals surface area (Å²) in [7, 11) is 0. The van der Waals surface area contributed by atoms with E-state index in [0.717, 1.165) is 15.8 Å². The first-order chi connectivity index (χ1) is 16.0. The summed E-state index contributed by atoms with van der Waals surface area (Å²) >= 11 is 0. The van der Waals surface area contributed by atoms with E-state index in [2.05, 4.69) is 5.32 Å². The lowest BCUT2D eigenvalue weighted by Gasteiger charge is -2.27. The zero-order chi connectivity index (χ0) is 23.0. The van der Waals surface area contributed by atoms with Crippen LogP contribution >= 0.6 is 0 Å². The van der Waals surface area contributed by atoms with Crippen LogP contribution in [-0.2, 0) is 16.8 Å². The molecule has 0 radical (unpaired) electrons. The third-order valence-corrected chi connectivity index (χ3v) is 6.15. The second kappa shape index (κ2) is 8.06. The number of fused-ring (bicyclic) bond motifs is 1. The summed E-state index contributed by atoms with van der Waals surface area (Å²) in [5, 5.41) is 3.72. The molecule has 6 heteroatoms. The van der Waals surface area contributed by atoms with Crippen molar-refractivity contribution in [3.63, 3.8) is 0 Å². The molecule has 1 aromatic heterocycles. The molecular weight excluding hydrogens is 416 g/mol. The predicted octanol–water partition coefficient (Wildman–Crippen LogP) is 4.61. The largest absolute Gasteiger partial charge is 0.453 e. The van der Waals surface area contributed by atoms with Crippen molar-refractivity contribution in [1.29, 1.82) is 0 Å². The van der Waals surface area contributed by atoms with Gasteiger partial charge in [0.1, 0.15) is 5.58 Å². The van der Waals surface area contributed by atoms with Crippen LogP contribution in [0.1, 0.15) is 27.2 Å². The van der Waals surface area contributed by atoms with Gasteiger partial charge >= 0.3 is 6.03 Å². The van der Waals surface area contributed by atoms with Gasteiger partial charge in [-0.1, -0.05) is 78.9 Å². The Hall–Kier alpha value is -4.19. The molecule has 0 saturated carbocycles. The van der Waals surface area contributed by atoms with Crippen molar-refractivity contribution in [2.24, 2.45) is 0 Å². The fourth-order valence-corrected chi connectivity index (χ4v) is 4.47. The molecule has 0 unspecified atom stereocenters. The van der Waals surface area contributed by atoms with E-state index in [0.29, 0.717) is 16.7 Å². The van der Waals surface area contributed by atoms with Crippen LogP contribution in [0.25, 0.3) is 11.0 Å². The Bertz CT molecular complexity index is 1360. The number of para-hydroxylation sites is 1. The lowest BCUT2D eigenvalue weighted by Crippen LogP contribution is -2.46. The van der Waals surface area contributed by atoms with E-state index in [9.17, 15) is 14.4 Å². The monoisotopic (exact) mass is 438 g/mol. The van der Waals surface area contributed by atoms with Gasteiger partial charge in [-0.3, -0.25) is 14.5 Å². The van der Waals surface area contributed by atoms with Crippen molar-refractivity contribution in [3.8, 4) is 0 Å². The number of carbonyl (C=O) groups is 3. The molecular formula is C27H22N2O4. The molecule has 3 aromatic carbocycles. The maximum Gasteiger partial charge on any atom is 0.325 e. The van der Waals surface area contributed by atoms with E-state index in [1.165, 1.54) is 0 Å². The number of carbonyl (C=O) groups excluding carboxylic acids is 3. The molecule has 2 heterocycles. The summed E-state index contributed by atoms with van der Waals surface area (Å²) in [6.07, 6.45) is 0.275. The highest BCUT2D eigenvalue weighted by atomic mass is 16.3. The Morgan fingerprint density at radius 3 is 2.24 bits per heavy atom. The quantitative estimate of drug-likeness (QED) is 0.352. The number of hydrogen-bond donors (Lipinski definition) is 1. The van der Waals surface area contributed by atoms with Crippen molar-refractivity contribution >= 4 is 28.7 Å². The minimum absolute atomic E-state index is 0.164. The molecule has 1 N–H and O–H groups in total. The number of furan rings is 1. The van der Waals surface area contributed by atoms with Gasteiger partial charge < -0.3 is 9.73 Å². The van der Waals surface area contributed by atoms with Gasteiger partial charge in [0, 0.05) is 17.4 Å². The van der Waals surface area contributed by atoms with Crippen molar-refractivity contribution in [3.05, 3.63) is 107 Å². The molecule has 0 bridgehead atoms. The average molecular weight is 438 g/mol. The van der Waals surface area contributed by atoms with Gasteiger partial charge in [0.2, 0.25) is 5.78 Å². The first-order valence-corrected chi connectivity index (χ1v) is 10.7. The van der Waals surface area contributed by atoms with Crippen molar-refractivity contribution in [1.82, 2.24) is 10.2 Å². The smallest absolute Gasteiger partial charge is 0.325 e. The average Bonchev–Trinajstić information content (AvgIpc) is 3.30. The number of amides is 3. The highest BCUT2D eigenvalue weighted by Crippen LogP contribution is 2.33. The van der Waals surface area contributed by atoms with E-state index < -0.39 is 29.8 Å².